The average molecular weight is 1020 g/mol. The molecule has 0 aliphatic carbocycles. The van der Waals surface area contributed by atoms with Gasteiger partial charge in [-0.3, -0.25) is 53.1 Å². The standard InChI is InChI=1S/C49H70N14O10/c1-28(65)59-36(17-10-20-57-49(53)54)45(71)62-38-25-42(68)55-18-8-7-16-35(43(50)69)60-44(70)31(22-32-26-58-34-15-6-5-14-33(32)34)24-40(66)30(13-9-19-56-48(51)52)23-41(67)37(21-29-11-3-2-4-12-29)61-47(73)39(27-64)63-46(38)72/h2-6,11-12,14-15,26,30-31,35-39,58,64H,7-10,13,16-25,27H2,1H3,(H2,50,69)(H,55,68)(H,59,65)(H,60,70)(H,61,73)(H,62,71)(H,63,72)(H4,51,52,56)(H4,53,54,57)/t30-,31-,35+,36+,37-,38+,39+/m1/s1. The number of nitrogens with one attached hydrogen (secondary N) is 7. The van der Waals surface area contributed by atoms with Gasteiger partial charge in [-0.1, -0.05) is 48.5 Å². The number of ketones is 2. The number of aromatic nitrogens is 1. The lowest BCUT2D eigenvalue weighted by atomic mass is 9.83. The van der Waals surface area contributed by atoms with Gasteiger partial charge in [-0.2, -0.15) is 0 Å². The highest BCUT2D eigenvalue weighted by atomic mass is 16.3. The number of hydrogen-bond acceptors (Lipinski definition) is 12. The second-order valence-corrected chi connectivity index (χ2v) is 18.0. The number of nitrogens with two attached hydrogens (primary N) is 5. The topological polar surface area (TPSA) is 417 Å². The van der Waals surface area contributed by atoms with Crippen LogP contribution < -0.4 is 60.6 Å². The van der Waals surface area contributed by atoms with Crippen LogP contribution in [0.5, 0.6) is 0 Å². The van der Waals surface area contributed by atoms with Crippen molar-refractivity contribution in [2.75, 3.05) is 26.2 Å². The Balaban J connectivity index is 1.74. The number of guanidine groups is 2. The van der Waals surface area contributed by atoms with E-state index in [-0.39, 0.29) is 95.8 Å². The van der Waals surface area contributed by atoms with Crippen LogP contribution in [-0.4, -0.2) is 131 Å². The molecule has 0 saturated carbocycles. The number of aromatic amines is 1. The van der Waals surface area contributed by atoms with Crippen molar-refractivity contribution < 1.29 is 48.3 Å². The molecule has 1 aromatic heterocycles. The second-order valence-electron chi connectivity index (χ2n) is 18.0. The molecule has 18 N–H and O–H groups in total. The van der Waals surface area contributed by atoms with E-state index in [4.69, 9.17) is 28.7 Å². The summed E-state index contributed by atoms with van der Waals surface area (Å²) < 4.78 is 0. The van der Waals surface area contributed by atoms with Crippen molar-refractivity contribution in [3.63, 3.8) is 0 Å². The van der Waals surface area contributed by atoms with Crippen LogP contribution in [0, 0.1) is 11.8 Å². The van der Waals surface area contributed by atoms with Crippen LogP contribution in [0.15, 0.2) is 70.8 Å². The molecule has 73 heavy (non-hydrogen) atoms. The largest absolute Gasteiger partial charge is 0.394 e. The van der Waals surface area contributed by atoms with Gasteiger partial charge in [0.15, 0.2) is 17.7 Å². The Hall–Kier alpha value is -7.89. The van der Waals surface area contributed by atoms with Gasteiger partial charge in [0.25, 0.3) is 0 Å². The number of aliphatic hydroxyl groups excluding tert-OH is 1. The van der Waals surface area contributed by atoms with Gasteiger partial charge in [0, 0.05) is 68.3 Å². The fraction of sp³-hybridized carbons (Fsp3) is 0.490. The molecule has 24 nitrogen and oxygen atoms in total. The minimum absolute atomic E-state index is 0.0145. The van der Waals surface area contributed by atoms with Gasteiger partial charge >= 0.3 is 0 Å². The normalized spacial score (nSPS) is 21.6. The Morgan fingerprint density at radius 2 is 1.40 bits per heavy atom. The van der Waals surface area contributed by atoms with Crippen LogP contribution in [0.4, 0.5) is 0 Å². The number of carbonyl (C=O) groups is 9. The molecule has 1 aliphatic rings. The molecule has 24 heteroatoms. The zero-order valence-electron chi connectivity index (χ0n) is 41.0. The number of hydrogen-bond donors (Lipinski definition) is 13. The SMILES string of the molecule is CC(=O)N[C@@H](CCCN=C(N)N)C(=O)N[C@H]1CC(=O)NCCCC[C@@H](C(N)=O)NC(=O)[C@H](Cc2c[nH]c3ccccc23)CC(=O)[C@H](CCCN=C(N)N)CC(=O)[C@@H](Cc2ccccc2)NC(=O)[C@H](CO)NC1=O. The van der Waals surface area contributed by atoms with Crippen molar-refractivity contribution in [3.05, 3.63) is 71.9 Å². The van der Waals surface area contributed by atoms with Gasteiger partial charge in [0.1, 0.15) is 30.0 Å². The van der Waals surface area contributed by atoms with Crippen LogP contribution in [0.2, 0.25) is 0 Å². The quantitative estimate of drug-likeness (QED) is 0.0389. The number of nitrogens with zero attached hydrogens (tertiary/aromatic N) is 2. The fourth-order valence-electron chi connectivity index (χ4n) is 8.41. The Bertz CT molecular complexity index is 2450. The molecule has 1 aliphatic heterocycles. The molecule has 1 saturated heterocycles. The van der Waals surface area contributed by atoms with Crippen LogP contribution in [0.3, 0.4) is 0 Å². The molecular weight excluding hydrogens is 945 g/mol. The number of benzene rings is 2. The van der Waals surface area contributed by atoms with Gasteiger partial charge in [0.05, 0.1) is 19.1 Å². The number of primary amides is 1. The van der Waals surface area contributed by atoms with Crippen LogP contribution in [0.1, 0.15) is 82.3 Å². The minimum atomic E-state index is -1.73. The summed E-state index contributed by atoms with van der Waals surface area (Å²) >= 11 is 0. The summed E-state index contributed by atoms with van der Waals surface area (Å²) in [5.41, 5.74) is 29.9. The second kappa shape index (κ2) is 29.5. The third-order valence-electron chi connectivity index (χ3n) is 12.2. The molecule has 2 aromatic carbocycles. The predicted molar refractivity (Wildman–Crippen MR) is 271 cm³/mol. The number of carbonyl (C=O) groups excluding carboxylic acids is 9. The summed E-state index contributed by atoms with van der Waals surface area (Å²) in [5.74, 6) is -9.24. The fourth-order valence-corrected chi connectivity index (χ4v) is 8.41. The molecule has 2 heterocycles. The summed E-state index contributed by atoms with van der Waals surface area (Å²) in [6.45, 7) is 0.415. The van der Waals surface area contributed by atoms with E-state index in [0.29, 0.717) is 5.56 Å². The van der Waals surface area contributed by atoms with E-state index in [1.807, 2.05) is 24.3 Å². The monoisotopic (exact) mass is 1010 g/mol. The van der Waals surface area contributed by atoms with E-state index >= 15 is 0 Å². The van der Waals surface area contributed by atoms with Crippen LogP contribution in [0.25, 0.3) is 10.9 Å². The summed E-state index contributed by atoms with van der Waals surface area (Å²) in [4.78, 5) is 135. The zero-order valence-corrected chi connectivity index (χ0v) is 41.0. The highest BCUT2D eigenvalue weighted by molar-refractivity contribution is 5.99. The van der Waals surface area contributed by atoms with Crippen molar-refractivity contribution in [1.29, 1.82) is 0 Å². The van der Waals surface area contributed by atoms with Gasteiger partial charge < -0.3 is 70.7 Å². The van der Waals surface area contributed by atoms with E-state index in [9.17, 15) is 48.3 Å². The number of aliphatic imine (C=N–C) groups is 2. The number of Topliss-reactive ketones (excluding diaryl/α,β-unsaturated/α-hetero) is 2. The van der Waals surface area contributed by atoms with Crippen LogP contribution >= 0.6 is 0 Å². The van der Waals surface area contributed by atoms with Crippen molar-refractivity contribution in [2.24, 2.45) is 50.5 Å². The first-order valence-electron chi connectivity index (χ1n) is 24.3. The molecule has 0 radical (unpaired) electrons. The number of H-pyrrole nitrogens is 1. The molecule has 4 rings (SSSR count). The maximum atomic E-state index is 14.6. The molecule has 7 atom stereocenters. The zero-order chi connectivity index (χ0) is 53.5. The van der Waals surface area contributed by atoms with Crippen molar-refractivity contribution in [3.8, 4) is 0 Å². The lowest BCUT2D eigenvalue weighted by Crippen LogP contribution is -2.59. The smallest absolute Gasteiger partial charge is 0.245 e. The summed E-state index contributed by atoms with van der Waals surface area (Å²) in [7, 11) is 0. The van der Waals surface area contributed by atoms with Gasteiger partial charge in [-0.15, -0.1) is 0 Å². The molecule has 396 valence electrons. The number of rotatable bonds is 17. The van der Waals surface area contributed by atoms with E-state index in [1.54, 1.807) is 36.5 Å². The molecule has 0 bridgehead atoms. The minimum Gasteiger partial charge on any atom is -0.394 e. The third kappa shape index (κ3) is 19.7. The molecule has 1 fully saturated rings. The van der Waals surface area contributed by atoms with Gasteiger partial charge in [-0.25, -0.2) is 0 Å². The third-order valence-corrected chi connectivity index (χ3v) is 12.2. The number of fused-ring (bicyclic) bond motifs is 1. The number of aliphatic hydroxyl groups is 1. The number of para-hydroxylation sites is 1. The molecular formula is C49H70N14O10. The highest BCUT2D eigenvalue weighted by Crippen LogP contribution is 2.26. The van der Waals surface area contributed by atoms with Gasteiger partial charge in [0.2, 0.25) is 41.4 Å². The Morgan fingerprint density at radius 3 is 2.07 bits per heavy atom. The molecule has 0 spiro atoms. The maximum Gasteiger partial charge on any atom is 0.245 e. The first-order chi connectivity index (χ1) is 34.8. The molecule has 3 aromatic rings. The summed E-state index contributed by atoms with van der Waals surface area (Å²) in [6, 6.07) is 8.89. The first-order valence-corrected chi connectivity index (χ1v) is 24.3. The lowest BCUT2D eigenvalue weighted by Gasteiger charge is -2.26. The summed E-state index contributed by atoms with van der Waals surface area (Å²) in [6.07, 6.45) is 1.39. The van der Waals surface area contributed by atoms with E-state index in [2.05, 4.69) is 46.9 Å². The molecule has 0 unspecified atom stereocenters. The predicted octanol–water partition coefficient (Wildman–Crippen LogP) is -2.18. The van der Waals surface area contributed by atoms with Gasteiger partial charge in [-0.05, 0) is 75.0 Å². The number of amides is 7. The Morgan fingerprint density at radius 1 is 0.740 bits per heavy atom. The summed E-state index contributed by atoms with van der Waals surface area (Å²) in [5, 5.41) is 26.7. The molecule has 7 amide bonds. The van der Waals surface area contributed by atoms with Crippen molar-refractivity contribution in [1.82, 2.24) is 36.9 Å². The first kappa shape index (κ1) is 57.7. The van der Waals surface area contributed by atoms with E-state index < -0.39 is 114 Å². The van der Waals surface area contributed by atoms with E-state index in [0.717, 1.165) is 16.5 Å². The lowest BCUT2D eigenvalue weighted by molar-refractivity contribution is -0.136. The van der Waals surface area contributed by atoms with Crippen molar-refractivity contribution >= 4 is 75.7 Å². The van der Waals surface area contributed by atoms with Crippen molar-refractivity contribution in [2.45, 2.75) is 114 Å². The average Bonchev–Trinajstić information content (AvgIpc) is 3.75. The van der Waals surface area contributed by atoms with Crippen LogP contribution in [-0.2, 0) is 56.0 Å². The highest BCUT2D eigenvalue weighted by Gasteiger charge is 2.35. The Labute approximate surface area is 422 Å². The Kier molecular flexibility index (Phi) is 23.3. The van der Waals surface area contributed by atoms with E-state index in [1.165, 1.54) is 6.92 Å². The maximum absolute atomic E-state index is 14.6.